The third kappa shape index (κ3) is 3.30. The van der Waals surface area contributed by atoms with Crippen molar-refractivity contribution >= 4 is 21.6 Å². The van der Waals surface area contributed by atoms with Crippen molar-refractivity contribution in [1.29, 1.82) is 0 Å². The number of primary sulfonamides is 1. The monoisotopic (exact) mass is 291 g/mol. The largest absolute Gasteiger partial charge is 0.410 e. The maximum Gasteiger partial charge on any atom is 0.410 e. The maximum absolute atomic E-state index is 12.8. The van der Waals surface area contributed by atoms with E-state index in [1.165, 1.54) is 0 Å². The highest BCUT2D eigenvalue weighted by Crippen LogP contribution is 2.38. The molecule has 17 heavy (non-hydrogen) atoms. The van der Waals surface area contributed by atoms with Gasteiger partial charge in [-0.2, -0.15) is 13.2 Å². The Morgan fingerprint density at radius 2 is 1.82 bits per heavy atom. The lowest BCUT2D eigenvalue weighted by Gasteiger charge is -2.18. The molecule has 1 atom stereocenters. The van der Waals surface area contributed by atoms with Gasteiger partial charge in [0.15, 0.2) is 5.25 Å². The van der Waals surface area contributed by atoms with Gasteiger partial charge in [-0.15, -0.1) is 0 Å². The Labute approximate surface area is 99.2 Å². The molecule has 0 saturated heterocycles. The van der Waals surface area contributed by atoms with E-state index < -0.39 is 37.9 Å². The van der Waals surface area contributed by atoms with E-state index in [4.69, 9.17) is 11.6 Å². The first-order chi connectivity index (χ1) is 7.53. The fourth-order valence-corrected chi connectivity index (χ4v) is 2.33. The van der Waals surface area contributed by atoms with Crippen molar-refractivity contribution in [3.63, 3.8) is 0 Å². The fraction of sp³-hybridized carbons (Fsp3) is 0.250. The van der Waals surface area contributed by atoms with Gasteiger partial charge < -0.3 is 0 Å². The van der Waals surface area contributed by atoms with Crippen LogP contribution in [-0.4, -0.2) is 14.6 Å². The van der Waals surface area contributed by atoms with E-state index in [9.17, 15) is 26.0 Å². The molecule has 0 spiro atoms. The minimum atomic E-state index is -5.10. The predicted molar refractivity (Wildman–Crippen MR) is 53.3 cm³/mol. The van der Waals surface area contributed by atoms with Crippen LogP contribution in [0, 0.1) is 5.82 Å². The number of alkyl halides is 3. The molecule has 0 amide bonds. The summed E-state index contributed by atoms with van der Waals surface area (Å²) in [7, 11) is -4.91. The number of nitrogens with two attached hydrogens (primary N) is 1. The van der Waals surface area contributed by atoms with Gasteiger partial charge in [0.05, 0.1) is 5.02 Å². The van der Waals surface area contributed by atoms with Gasteiger partial charge in [0, 0.05) is 0 Å². The van der Waals surface area contributed by atoms with E-state index in [0.29, 0.717) is 18.2 Å². The Morgan fingerprint density at radius 3 is 2.18 bits per heavy atom. The van der Waals surface area contributed by atoms with Gasteiger partial charge >= 0.3 is 6.18 Å². The summed E-state index contributed by atoms with van der Waals surface area (Å²) in [6.45, 7) is 0. The molecule has 1 aromatic rings. The number of hydrogen-bond acceptors (Lipinski definition) is 2. The summed E-state index contributed by atoms with van der Waals surface area (Å²) in [5.41, 5.74) is -0.730. The van der Waals surface area contributed by atoms with Gasteiger partial charge in [-0.05, 0) is 17.7 Å². The molecule has 0 saturated carbocycles. The first kappa shape index (κ1) is 14.2. The smallest absolute Gasteiger partial charge is 0.228 e. The molecule has 0 fully saturated rings. The molecule has 0 aliphatic carbocycles. The van der Waals surface area contributed by atoms with Crippen LogP contribution in [0.3, 0.4) is 0 Å². The topological polar surface area (TPSA) is 60.2 Å². The molecule has 96 valence electrons. The van der Waals surface area contributed by atoms with Crippen LogP contribution in [0.1, 0.15) is 10.8 Å². The van der Waals surface area contributed by atoms with Gasteiger partial charge in [-0.1, -0.05) is 17.7 Å². The van der Waals surface area contributed by atoms with Crippen molar-refractivity contribution in [3.8, 4) is 0 Å². The molecule has 0 radical (unpaired) electrons. The molecule has 0 heterocycles. The molecule has 0 aliphatic rings. The second kappa shape index (κ2) is 4.43. The normalized spacial score (nSPS) is 14.7. The first-order valence-corrected chi connectivity index (χ1v) is 6.05. The van der Waals surface area contributed by atoms with Crippen molar-refractivity contribution < 1.29 is 26.0 Å². The quantitative estimate of drug-likeness (QED) is 0.850. The molecule has 3 nitrogen and oxygen atoms in total. The van der Waals surface area contributed by atoms with E-state index in [-0.39, 0.29) is 0 Å². The van der Waals surface area contributed by atoms with E-state index in [1.807, 2.05) is 0 Å². The third-order valence-electron chi connectivity index (χ3n) is 1.87. The summed E-state index contributed by atoms with van der Waals surface area (Å²) in [6.07, 6.45) is -5.10. The van der Waals surface area contributed by atoms with Crippen LogP contribution in [0.2, 0.25) is 5.02 Å². The fourth-order valence-electron chi connectivity index (χ4n) is 1.24. The summed E-state index contributed by atoms with van der Waals surface area (Å²) < 4.78 is 72.2. The van der Waals surface area contributed by atoms with Gasteiger partial charge in [-0.3, -0.25) is 0 Å². The van der Waals surface area contributed by atoms with Crippen LogP contribution in [0.15, 0.2) is 18.2 Å². The minimum absolute atomic E-state index is 0.583. The van der Waals surface area contributed by atoms with E-state index >= 15 is 0 Å². The third-order valence-corrected chi connectivity index (χ3v) is 3.36. The van der Waals surface area contributed by atoms with Crippen molar-refractivity contribution in [1.82, 2.24) is 0 Å². The average Bonchev–Trinajstić information content (AvgIpc) is 2.06. The lowest BCUT2D eigenvalue weighted by Crippen LogP contribution is -2.33. The lowest BCUT2D eigenvalue weighted by atomic mass is 10.1. The molecule has 1 unspecified atom stereocenters. The van der Waals surface area contributed by atoms with Crippen LogP contribution in [0.4, 0.5) is 17.6 Å². The standard InChI is InChI=1S/C8H6ClF4NO2S/c9-5-3-4(1-2-6(5)10)7(8(11,12)13)17(14,15)16/h1-3,7H,(H2,14,15,16). The van der Waals surface area contributed by atoms with Gasteiger partial charge in [0.1, 0.15) is 5.82 Å². The van der Waals surface area contributed by atoms with Crippen LogP contribution < -0.4 is 5.14 Å². The average molecular weight is 292 g/mol. The zero-order valence-electron chi connectivity index (χ0n) is 8.00. The van der Waals surface area contributed by atoms with Gasteiger partial charge in [0.2, 0.25) is 10.0 Å². The molecule has 1 aromatic carbocycles. The van der Waals surface area contributed by atoms with Crippen LogP contribution in [-0.2, 0) is 10.0 Å². The molecular weight excluding hydrogens is 286 g/mol. The SMILES string of the molecule is NS(=O)(=O)C(c1ccc(F)c(Cl)c1)C(F)(F)F. The van der Waals surface area contributed by atoms with E-state index in [0.717, 1.165) is 0 Å². The Morgan fingerprint density at radius 1 is 1.29 bits per heavy atom. The molecule has 1 rings (SSSR count). The van der Waals surface area contributed by atoms with Crippen molar-refractivity contribution in [2.75, 3.05) is 0 Å². The number of rotatable bonds is 2. The van der Waals surface area contributed by atoms with E-state index in [1.54, 1.807) is 0 Å². The molecular formula is C8H6ClF4NO2S. The Bertz CT molecular complexity index is 529. The first-order valence-electron chi connectivity index (χ1n) is 4.07. The second-order valence-corrected chi connectivity index (χ2v) is 5.24. The number of sulfonamides is 1. The summed E-state index contributed by atoms with van der Waals surface area (Å²) in [4.78, 5) is 0. The number of benzene rings is 1. The minimum Gasteiger partial charge on any atom is -0.228 e. The second-order valence-electron chi connectivity index (χ2n) is 3.18. The molecule has 2 N–H and O–H groups in total. The molecule has 9 heteroatoms. The summed E-state index contributed by atoms with van der Waals surface area (Å²) in [6, 6.07) is 1.89. The van der Waals surface area contributed by atoms with Crippen molar-refractivity contribution in [3.05, 3.63) is 34.6 Å². The van der Waals surface area contributed by atoms with Crippen LogP contribution in [0.25, 0.3) is 0 Å². The zero-order chi connectivity index (χ0) is 13.4. The van der Waals surface area contributed by atoms with Crippen molar-refractivity contribution in [2.24, 2.45) is 5.14 Å². The molecule has 0 aliphatic heterocycles. The molecule has 0 aromatic heterocycles. The zero-order valence-corrected chi connectivity index (χ0v) is 9.57. The van der Waals surface area contributed by atoms with Gasteiger partial charge in [0.25, 0.3) is 0 Å². The van der Waals surface area contributed by atoms with E-state index in [2.05, 4.69) is 5.14 Å². The van der Waals surface area contributed by atoms with Crippen molar-refractivity contribution in [2.45, 2.75) is 11.4 Å². The highest BCUT2D eigenvalue weighted by molar-refractivity contribution is 7.89. The highest BCUT2D eigenvalue weighted by Gasteiger charge is 2.48. The summed E-state index contributed by atoms with van der Waals surface area (Å²) >= 11 is 5.28. The maximum atomic E-state index is 12.8. The summed E-state index contributed by atoms with van der Waals surface area (Å²) in [5.74, 6) is -0.953. The number of hydrogen-bond donors (Lipinski definition) is 1. The van der Waals surface area contributed by atoms with Crippen LogP contribution >= 0.6 is 11.6 Å². The van der Waals surface area contributed by atoms with Crippen LogP contribution in [0.5, 0.6) is 0 Å². The Balaban J connectivity index is 3.39. The van der Waals surface area contributed by atoms with Gasteiger partial charge in [-0.25, -0.2) is 17.9 Å². The predicted octanol–water partition coefficient (Wildman–Crippen LogP) is 2.37. The summed E-state index contributed by atoms with van der Waals surface area (Å²) in [5, 5.41) is 0.968. The molecule has 0 bridgehead atoms. The lowest BCUT2D eigenvalue weighted by molar-refractivity contribution is -0.131. The Hall–Kier alpha value is -0.860. The Kier molecular flexibility index (Phi) is 3.70. The highest BCUT2D eigenvalue weighted by atomic mass is 35.5. The number of halogens is 5.